The topological polar surface area (TPSA) is 101 Å². The molecule has 0 bridgehead atoms. The van der Waals surface area contributed by atoms with Crippen LogP contribution < -0.4 is 10.6 Å². The molecule has 0 heterocycles. The molecule has 2 amide bonds. The van der Waals surface area contributed by atoms with Crippen LogP contribution >= 0.6 is 15.9 Å². The summed E-state index contributed by atoms with van der Waals surface area (Å²) in [5.74, 6) is -1.85. The molecule has 0 radical (unpaired) electrons. The zero-order chi connectivity index (χ0) is 22.4. The highest BCUT2D eigenvalue weighted by Gasteiger charge is 2.16. The van der Waals surface area contributed by atoms with Crippen LogP contribution in [0.25, 0.3) is 6.08 Å². The summed E-state index contributed by atoms with van der Waals surface area (Å²) in [5, 5.41) is 15.8. The minimum atomic E-state index is -0.720. The van der Waals surface area contributed by atoms with Crippen molar-refractivity contribution >= 4 is 45.2 Å². The van der Waals surface area contributed by atoms with Crippen LogP contribution in [0.1, 0.15) is 15.9 Å². The molecule has 0 aliphatic carbocycles. The third-order valence-corrected chi connectivity index (χ3v) is 4.67. The van der Waals surface area contributed by atoms with Crippen LogP contribution in [0.2, 0.25) is 0 Å². The van der Waals surface area contributed by atoms with Crippen molar-refractivity contribution in [2.24, 2.45) is 0 Å². The Balaban J connectivity index is 1.88. The number of nitro benzene ring substituents is 1. The monoisotopic (exact) mass is 483 g/mol. The van der Waals surface area contributed by atoms with E-state index in [1.807, 2.05) is 0 Å². The maximum Gasteiger partial charge on any atom is 0.272 e. The number of nitro groups is 1. The second-order valence-electron chi connectivity index (χ2n) is 6.30. The van der Waals surface area contributed by atoms with Gasteiger partial charge in [-0.25, -0.2) is 4.39 Å². The Hall–Kier alpha value is -3.85. The van der Waals surface area contributed by atoms with E-state index in [4.69, 9.17) is 0 Å². The molecule has 0 saturated carbocycles. The van der Waals surface area contributed by atoms with Crippen molar-refractivity contribution in [2.75, 3.05) is 5.32 Å². The molecule has 0 atom stereocenters. The summed E-state index contributed by atoms with van der Waals surface area (Å²) >= 11 is 3.28. The first-order chi connectivity index (χ1) is 14.8. The summed E-state index contributed by atoms with van der Waals surface area (Å²) in [7, 11) is 0. The fourth-order valence-corrected chi connectivity index (χ4v) is 2.83. The van der Waals surface area contributed by atoms with Crippen molar-refractivity contribution in [3.63, 3.8) is 0 Å². The second kappa shape index (κ2) is 9.77. The SMILES string of the molecule is O=C(Nc1ccc([N+](=O)[O-])cc1)C(=Cc1ccccc1F)NC(=O)c1ccc(Br)cc1. The minimum Gasteiger partial charge on any atom is -0.321 e. The van der Waals surface area contributed by atoms with E-state index in [-0.39, 0.29) is 22.6 Å². The van der Waals surface area contributed by atoms with Gasteiger partial charge in [-0.2, -0.15) is 0 Å². The highest BCUT2D eigenvalue weighted by Crippen LogP contribution is 2.17. The molecular weight excluding hydrogens is 469 g/mol. The largest absolute Gasteiger partial charge is 0.321 e. The zero-order valence-electron chi connectivity index (χ0n) is 15.8. The number of nitrogens with one attached hydrogen (secondary N) is 2. The number of nitrogens with zero attached hydrogens (tertiary/aromatic N) is 1. The molecule has 3 aromatic carbocycles. The maximum absolute atomic E-state index is 14.1. The fourth-order valence-electron chi connectivity index (χ4n) is 2.57. The maximum atomic E-state index is 14.1. The van der Waals surface area contributed by atoms with Crippen LogP contribution in [0.5, 0.6) is 0 Å². The Bertz CT molecular complexity index is 1160. The van der Waals surface area contributed by atoms with Crippen molar-refractivity contribution in [2.45, 2.75) is 0 Å². The van der Waals surface area contributed by atoms with Crippen molar-refractivity contribution < 1.29 is 18.9 Å². The normalized spacial score (nSPS) is 11.0. The number of carbonyl (C=O) groups is 2. The lowest BCUT2D eigenvalue weighted by atomic mass is 10.1. The molecule has 9 heteroatoms. The van der Waals surface area contributed by atoms with Crippen LogP contribution in [0.15, 0.2) is 83.0 Å². The van der Waals surface area contributed by atoms with Crippen LogP contribution in [-0.2, 0) is 4.79 Å². The van der Waals surface area contributed by atoms with Gasteiger partial charge in [-0.3, -0.25) is 19.7 Å². The van der Waals surface area contributed by atoms with E-state index >= 15 is 0 Å². The molecule has 0 unspecified atom stereocenters. The van der Waals surface area contributed by atoms with Gasteiger partial charge in [-0.05, 0) is 48.5 Å². The van der Waals surface area contributed by atoms with Gasteiger partial charge in [0.2, 0.25) is 0 Å². The standard InChI is InChI=1S/C22H15BrFN3O4/c23-16-7-5-14(6-8-16)21(28)26-20(13-15-3-1-2-4-19(15)24)22(29)25-17-9-11-18(12-10-17)27(30)31/h1-13H,(H,25,29)(H,26,28). The summed E-state index contributed by atoms with van der Waals surface area (Å²) in [6.45, 7) is 0. The lowest BCUT2D eigenvalue weighted by molar-refractivity contribution is -0.384. The molecule has 156 valence electrons. The first-order valence-electron chi connectivity index (χ1n) is 8.92. The van der Waals surface area contributed by atoms with Gasteiger partial charge < -0.3 is 10.6 Å². The Morgan fingerprint density at radius 2 is 1.61 bits per heavy atom. The van der Waals surface area contributed by atoms with Crippen LogP contribution in [0, 0.1) is 15.9 Å². The van der Waals surface area contributed by atoms with Gasteiger partial charge in [0.25, 0.3) is 17.5 Å². The van der Waals surface area contributed by atoms with Crippen LogP contribution in [0.4, 0.5) is 15.8 Å². The number of rotatable bonds is 6. The number of hydrogen-bond donors (Lipinski definition) is 2. The molecule has 0 spiro atoms. The van der Waals surface area contributed by atoms with E-state index in [9.17, 15) is 24.1 Å². The van der Waals surface area contributed by atoms with Gasteiger partial charge in [-0.1, -0.05) is 34.1 Å². The molecule has 0 aliphatic heterocycles. The summed E-state index contributed by atoms with van der Waals surface area (Å²) in [6, 6.07) is 17.4. The lowest BCUT2D eigenvalue weighted by Crippen LogP contribution is -2.30. The number of non-ortho nitro benzene ring substituents is 1. The third kappa shape index (κ3) is 5.83. The van der Waals surface area contributed by atoms with E-state index < -0.39 is 22.6 Å². The molecule has 7 nitrogen and oxygen atoms in total. The number of benzene rings is 3. The summed E-state index contributed by atoms with van der Waals surface area (Å²) in [4.78, 5) is 35.6. The number of hydrogen-bond acceptors (Lipinski definition) is 4. The smallest absolute Gasteiger partial charge is 0.272 e. The molecule has 0 fully saturated rings. The molecule has 2 N–H and O–H groups in total. The Labute approximate surface area is 184 Å². The number of anilines is 1. The predicted octanol–water partition coefficient (Wildman–Crippen LogP) is 4.91. The quantitative estimate of drug-likeness (QED) is 0.295. The van der Waals surface area contributed by atoms with E-state index in [1.54, 1.807) is 30.3 Å². The van der Waals surface area contributed by atoms with E-state index in [1.165, 1.54) is 48.5 Å². The molecule has 3 aromatic rings. The Kier molecular flexibility index (Phi) is 6.88. The fraction of sp³-hybridized carbons (Fsp3) is 0. The molecule has 31 heavy (non-hydrogen) atoms. The summed E-state index contributed by atoms with van der Waals surface area (Å²) in [6.07, 6.45) is 1.22. The van der Waals surface area contributed by atoms with Crippen molar-refractivity contribution in [1.82, 2.24) is 5.32 Å². The first kappa shape index (κ1) is 21.8. The van der Waals surface area contributed by atoms with Gasteiger partial charge in [0.05, 0.1) is 4.92 Å². The molecule has 3 rings (SSSR count). The van der Waals surface area contributed by atoms with Crippen LogP contribution in [0.3, 0.4) is 0 Å². The highest BCUT2D eigenvalue weighted by molar-refractivity contribution is 9.10. The molecule has 0 aliphatic rings. The molecule has 0 saturated heterocycles. The van der Waals surface area contributed by atoms with Gasteiger partial charge in [0.1, 0.15) is 11.5 Å². The first-order valence-corrected chi connectivity index (χ1v) is 9.72. The molecular formula is C22H15BrFN3O4. The van der Waals surface area contributed by atoms with Gasteiger partial charge >= 0.3 is 0 Å². The van der Waals surface area contributed by atoms with Gasteiger partial charge in [-0.15, -0.1) is 0 Å². The second-order valence-corrected chi connectivity index (χ2v) is 7.21. The third-order valence-electron chi connectivity index (χ3n) is 4.14. The number of carbonyl (C=O) groups excluding carboxylic acids is 2. The van der Waals surface area contributed by atoms with Gasteiger partial charge in [0, 0.05) is 33.4 Å². The molecule has 0 aromatic heterocycles. The average Bonchev–Trinajstić information content (AvgIpc) is 2.75. The van der Waals surface area contributed by atoms with E-state index in [2.05, 4.69) is 26.6 Å². The lowest BCUT2D eigenvalue weighted by Gasteiger charge is -2.12. The average molecular weight is 484 g/mol. The van der Waals surface area contributed by atoms with E-state index in [0.29, 0.717) is 5.56 Å². The van der Waals surface area contributed by atoms with E-state index in [0.717, 1.165) is 4.47 Å². The Morgan fingerprint density at radius 3 is 2.23 bits per heavy atom. The van der Waals surface area contributed by atoms with Crippen LogP contribution in [-0.4, -0.2) is 16.7 Å². The highest BCUT2D eigenvalue weighted by atomic mass is 79.9. The minimum absolute atomic E-state index is 0.104. The van der Waals surface area contributed by atoms with Crippen molar-refractivity contribution in [3.8, 4) is 0 Å². The summed E-state index contributed by atoms with van der Waals surface area (Å²) in [5.41, 5.74) is 0.339. The summed E-state index contributed by atoms with van der Waals surface area (Å²) < 4.78 is 14.9. The predicted molar refractivity (Wildman–Crippen MR) is 118 cm³/mol. The Morgan fingerprint density at radius 1 is 0.968 bits per heavy atom. The number of halogens is 2. The zero-order valence-corrected chi connectivity index (χ0v) is 17.4. The van der Waals surface area contributed by atoms with Crippen molar-refractivity contribution in [3.05, 3.63) is 110 Å². The number of amides is 2. The van der Waals surface area contributed by atoms with Gasteiger partial charge in [0.15, 0.2) is 0 Å². The van der Waals surface area contributed by atoms with Crippen molar-refractivity contribution in [1.29, 1.82) is 0 Å².